The molecule has 68 valence electrons. The van der Waals surface area contributed by atoms with Crippen molar-refractivity contribution in [3.63, 3.8) is 0 Å². The Hall–Kier alpha value is -1.39. The van der Waals surface area contributed by atoms with Gasteiger partial charge in [-0.05, 0) is 20.6 Å². The number of carbonyl (C=O) groups is 1. The van der Waals surface area contributed by atoms with Crippen LogP contribution >= 0.6 is 0 Å². The fraction of sp³-hybridized carbons (Fsp3) is 0.571. The van der Waals surface area contributed by atoms with Crippen LogP contribution in [0.15, 0.2) is 9.98 Å². The summed E-state index contributed by atoms with van der Waals surface area (Å²) in [5, 5.41) is 8.29. The SMILES string of the molecule is C=NC(C)(C)C(N)=NCC(=O)O. The van der Waals surface area contributed by atoms with E-state index < -0.39 is 11.5 Å². The fourth-order valence-corrected chi connectivity index (χ4v) is 0.427. The van der Waals surface area contributed by atoms with E-state index in [0.29, 0.717) is 0 Å². The number of carboxylic acids is 1. The second kappa shape index (κ2) is 3.85. The van der Waals surface area contributed by atoms with Crippen LogP contribution in [0.25, 0.3) is 0 Å². The first-order valence-corrected chi connectivity index (χ1v) is 3.40. The summed E-state index contributed by atoms with van der Waals surface area (Å²) < 4.78 is 0. The molecule has 0 atom stereocenters. The summed E-state index contributed by atoms with van der Waals surface area (Å²) >= 11 is 0. The van der Waals surface area contributed by atoms with Gasteiger partial charge in [0.25, 0.3) is 0 Å². The molecule has 0 bridgehead atoms. The maximum Gasteiger partial charge on any atom is 0.325 e. The van der Waals surface area contributed by atoms with E-state index in [0.717, 1.165) is 0 Å². The minimum atomic E-state index is -1.02. The minimum Gasteiger partial charge on any atom is -0.480 e. The van der Waals surface area contributed by atoms with E-state index in [1.54, 1.807) is 13.8 Å². The summed E-state index contributed by atoms with van der Waals surface area (Å²) in [4.78, 5) is 17.4. The molecule has 0 aliphatic heterocycles. The molecule has 0 unspecified atom stereocenters. The van der Waals surface area contributed by atoms with Crippen LogP contribution in [0, 0.1) is 0 Å². The molecule has 0 aromatic carbocycles. The maximum absolute atomic E-state index is 10.1. The Balaban J connectivity index is 4.36. The highest BCUT2D eigenvalue weighted by molar-refractivity contribution is 5.91. The molecule has 5 heteroatoms. The van der Waals surface area contributed by atoms with Crippen molar-refractivity contribution >= 4 is 18.5 Å². The highest BCUT2D eigenvalue weighted by Gasteiger charge is 2.19. The van der Waals surface area contributed by atoms with Crippen molar-refractivity contribution in [2.75, 3.05) is 6.54 Å². The number of hydrogen-bond donors (Lipinski definition) is 2. The zero-order valence-electron chi connectivity index (χ0n) is 7.24. The van der Waals surface area contributed by atoms with Gasteiger partial charge in [0, 0.05) is 0 Å². The third-order valence-electron chi connectivity index (χ3n) is 1.41. The van der Waals surface area contributed by atoms with Crippen LogP contribution in [0.4, 0.5) is 0 Å². The van der Waals surface area contributed by atoms with Crippen LogP contribution in [-0.4, -0.2) is 35.7 Å². The van der Waals surface area contributed by atoms with Gasteiger partial charge in [0.1, 0.15) is 17.9 Å². The molecule has 3 N–H and O–H groups in total. The number of amidine groups is 1. The molecule has 0 aromatic heterocycles. The van der Waals surface area contributed by atoms with E-state index in [2.05, 4.69) is 16.7 Å². The van der Waals surface area contributed by atoms with Gasteiger partial charge in [0.05, 0.1) is 0 Å². The third kappa shape index (κ3) is 3.14. The van der Waals surface area contributed by atoms with Crippen molar-refractivity contribution in [3.05, 3.63) is 0 Å². The van der Waals surface area contributed by atoms with Gasteiger partial charge in [-0.1, -0.05) is 0 Å². The van der Waals surface area contributed by atoms with Crippen molar-refractivity contribution < 1.29 is 9.90 Å². The van der Waals surface area contributed by atoms with Crippen LogP contribution in [-0.2, 0) is 4.79 Å². The Morgan fingerprint density at radius 3 is 2.50 bits per heavy atom. The number of aliphatic imine (C=N–C) groups is 2. The van der Waals surface area contributed by atoms with Gasteiger partial charge in [-0.3, -0.25) is 14.8 Å². The lowest BCUT2D eigenvalue weighted by Gasteiger charge is -2.17. The van der Waals surface area contributed by atoms with E-state index in [-0.39, 0.29) is 12.4 Å². The monoisotopic (exact) mass is 171 g/mol. The first kappa shape index (κ1) is 10.6. The molecule has 0 aromatic rings. The van der Waals surface area contributed by atoms with Gasteiger partial charge in [-0.15, -0.1) is 0 Å². The first-order valence-electron chi connectivity index (χ1n) is 3.40. The molecule has 0 aliphatic rings. The zero-order valence-corrected chi connectivity index (χ0v) is 7.24. The molecule has 0 aliphatic carbocycles. The second-order valence-corrected chi connectivity index (χ2v) is 2.81. The Bertz CT molecular complexity index is 221. The molecule has 0 rings (SSSR count). The van der Waals surface area contributed by atoms with Crippen molar-refractivity contribution in [1.82, 2.24) is 0 Å². The van der Waals surface area contributed by atoms with Crippen LogP contribution in [0.1, 0.15) is 13.8 Å². The zero-order chi connectivity index (χ0) is 9.78. The van der Waals surface area contributed by atoms with Crippen LogP contribution in [0.3, 0.4) is 0 Å². The normalized spacial score (nSPS) is 12.7. The summed E-state index contributed by atoms with van der Waals surface area (Å²) in [6, 6.07) is 0. The predicted octanol–water partition coefficient (Wildman–Crippen LogP) is -0.0926. The van der Waals surface area contributed by atoms with E-state index >= 15 is 0 Å². The summed E-state index contributed by atoms with van der Waals surface area (Å²) in [6.07, 6.45) is 0. The van der Waals surface area contributed by atoms with Crippen molar-refractivity contribution in [2.24, 2.45) is 15.7 Å². The first-order chi connectivity index (χ1) is 5.40. The maximum atomic E-state index is 10.1. The highest BCUT2D eigenvalue weighted by Crippen LogP contribution is 2.06. The van der Waals surface area contributed by atoms with Crippen LogP contribution < -0.4 is 5.73 Å². The van der Waals surface area contributed by atoms with Gasteiger partial charge < -0.3 is 10.8 Å². The van der Waals surface area contributed by atoms with Gasteiger partial charge in [0.2, 0.25) is 0 Å². The van der Waals surface area contributed by atoms with Gasteiger partial charge in [-0.2, -0.15) is 0 Å². The number of carboxylic acid groups (broad SMARTS) is 1. The summed E-state index contributed by atoms with van der Waals surface area (Å²) in [7, 11) is 0. The Labute approximate surface area is 71.0 Å². The molecule has 0 heterocycles. The number of hydrogen-bond acceptors (Lipinski definition) is 3. The van der Waals surface area contributed by atoms with Crippen LogP contribution in [0.2, 0.25) is 0 Å². The third-order valence-corrected chi connectivity index (χ3v) is 1.41. The Morgan fingerprint density at radius 1 is 1.67 bits per heavy atom. The summed E-state index contributed by atoms with van der Waals surface area (Å²) in [5.41, 5.74) is 4.78. The van der Waals surface area contributed by atoms with Gasteiger partial charge in [0.15, 0.2) is 0 Å². The molecule has 0 radical (unpaired) electrons. The summed E-state index contributed by atoms with van der Waals surface area (Å²) in [6.45, 7) is 6.41. The molecular formula is C7H13N3O2. The molecule has 0 spiro atoms. The minimum absolute atomic E-state index is 0.180. The van der Waals surface area contributed by atoms with Crippen molar-refractivity contribution in [1.29, 1.82) is 0 Å². The standard InChI is InChI=1S/C7H13N3O2/c1-7(2,9-3)6(8)10-4-5(11)12/h3-4H2,1-2H3,(H2,8,10)(H,11,12). The van der Waals surface area contributed by atoms with E-state index in [4.69, 9.17) is 10.8 Å². The fourth-order valence-electron chi connectivity index (χ4n) is 0.427. The van der Waals surface area contributed by atoms with Crippen molar-refractivity contribution in [3.8, 4) is 0 Å². The average Bonchev–Trinajstić information content (AvgIpc) is 2.00. The molecule has 12 heavy (non-hydrogen) atoms. The van der Waals surface area contributed by atoms with Gasteiger partial charge >= 0.3 is 5.97 Å². The molecular weight excluding hydrogens is 158 g/mol. The van der Waals surface area contributed by atoms with E-state index in [1.165, 1.54) is 0 Å². The Kier molecular flexibility index (Phi) is 3.40. The number of aliphatic carboxylic acids is 1. The number of nitrogens with two attached hydrogens (primary N) is 1. The quantitative estimate of drug-likeness (QED) is 0.457. The lowest BCUT2D eigenvalue weighted by atomic mass is 10.1. The molecule has 5 nitrogen and oxygen atoms in total. The predicted molar refractivity (Wildman–Crippen MR) is 47.8 cm³/mol. The number of rotatable bonds is 4. The number of nitrogens with zero attached hydrogens (tertiary/aromatic N) is 2. The Morgan fingerprint density at radius 2 is 2.17 bits per heavy atom. The molecule has 0 saturated heterocycles. The highest BCUT2D eigenvalue weighted by atomic mass is 16.4. The van der Waals surface area contributed by atoms with Crippen LogP contribution in [0.5, 0.6) is 0 Å². The average molecular weight is 171 g/mol. The second-order valence-electron chi connectivity index (χ2n) is 2.81. The lowest BCUT2D eigenvalue weighted by molar-refractivity contribution is -0.135. The van der Waals surface area contributed by atoms with Crippen molar-refractivity contribution in [2.45, 2.75) is 19.4 Å². The molecule has 0 saturated carbocycles. The van der Waals surface area contributed by atoms with E-state index in [1.807, 2.05) is 0 Å². The molecule has 0 fully saturated rings. The van der Waals surface area contributed by atoms with Gasteiger partial charge in [-0.25, -0.2) is 0 Å². The lowest BCUT2D eigenvalue weighted by Crippen LogP contribution is -2.36. The largest absolute Gasteiger partial charge is 0.480 e. The molecule has 0 amide bonds. The summed E-state index contributed by atoms with van der Waals surface area (Å²) in [5.74, 6) is -0.835. The topological polar surface area (TPSA) is 88.0 Å². The smallest absolute Gasteiger partial charge is 0.325 e. The van der Waals surface area contributed by atoms with E-state index in [9.17, 15) is 4.79 Å².